The fourth-order valence-electron chi connectivity index (χ4n) is 6.64. The van der Waals surface area contributed by atoms with Gasteiger partial charge in [-0.15, -0.1) is 0 Å². The highest BCUT2D eigenvalue weighted by Crippen LogP contribution is 2.46. The van der Waals surface area contributed by atoms with Crippen LogP contribution in [0.15, 0.2) is 186 Å². The molecule has 1 aromatic heterocycles. The number of hydrogen-bond donors (Lipinski definition) is 0. The second kappa shape index (κ2) is 11.1. The number of benzene rings is 9. The third-order valence-corrected chi connectivity index (χ3v) is 8.75. The molecule has 0 aliphatic carbocycles. The molecule has 0 saturated heterocycles. The maximum absolute atomic E-state index is 9.82. The van der Waals surface area contributed by atoms with E-state index in [1.54, 1.807) is 0 Å². The van der Waals surface area contributed by atoms with E-state index in [-0.39, 0.29) is 27.1 Å². The monoisotopic (exact) mass is 639 g/mol. The van der Waals surface area contributed by atoms with E-state index in [4.69, 9.17) is 18.1 Å². The van der Waals surface area contributed by atoms with Crippen LogP contribution in [0.2, 0.25) is 0 Å². The molecular formula is C48H30O. The molecule has 0 unspecified atom stereocenters. The second-order valence-corrected chi connectivity index (χ2v) is 11.5. The van der Waals surface area contributed by atoms with E-state index >= 15 is 0 Å². The quantitative estimate of drug-likeness (QED) is 0.175. The summed E-state index contributed by atoms with van der Waals surface area (Å²) >= 11 is 0. The van der Waals surface area contributed by atoms with Gasteiger partial charge in [0.2, 0.25) is 0 Å². The first-order valence-electron chi connectivity index (χ1n) is 24.0. The topological polar surface area (TPSA) is 13.1 Å². The van der Waals surface area contributed by atoms with Crippen molar-refractivity contribution < 1.29 is 27.7 Å². The summed E-state index contributed by atoms with van der Waals surface area (Å²) in [6, 6.07) is 13.0. The Labute approximate surface area is 308 Å². The van der Waals surface area contributed by atoms with Gasteiger partial charge in [0.15, 0.2) is 0 Å². The lowest BCUT2D eigenvalue weighted by atomic mass is 9.84. The molecule has 0 atom stereocenters. The summed E-state index contributed by atoms with van der Waals surface area (Å²) < 4.78 is 159. The Bertz CT molecular complexity index is 3760. The maximum Gasteiger partial charge on any atom is 0.136 e. The fourth-order valence-corrected chi connectivity index (χ4v) is 6.64. The Morgan fingerprint density at radius 1 is 0.327 bits per heavy atom. The molecule has 0 fully saturated rings. The number of rotatable bonds is 4. The minimum atomic E-state index is -0.757. The molecule has 1 nitrogen and oxygen atoms in total. The molecule has 228 valence electrons. The van der Waals surface area contributed by atoms with E-state index in [1.165, 1.54) is 0 Å². The van der Waals surface area contributed by atoms with Gasteiger partial charge < -0.3 is 4.42 Å². The van der Waals surface area contributed by atoms with Gasteiger partial charge in [-0.05, 0) is 101 Å². The van der Waals surface area contributed by atoms with E-state index in [0.29, 0.717) is 16.3 Å². The molecule has 0 aliphatic heterocycles. The highest BCUT2D eigenvalue weighted by molar-refractivity contribution is 6.24. The Morgan fingerprint density at radius 2 is 0.918 bits per heavy atom. The van der Waals surface area contributed by atoms with Gasteiger partial charge in [-0.2, -0.15) is 0 Å². The van der Waals surface area contributed by atoms with Crippen LogP contribution in [0.4, 0.5) is 0 Å². The predicted molar refractivity (Wildman–Crippen MR) is 208 cm³/mol. The lowest BCUT2D eigenvalue weighted by Gasteiger charge is -2.19. The van der Waals surface area contributed by atoms with E-state index in [1.807, 2.05) is 78.9 Å². The van der Waals surface area contributed by atoms with Gasteiger partial charge in [-0.25, -0.2) is 0 Å². The number of furan rings is 1. The predicted octanol–water partition coefficient (Wildman–Crippen LogP) is 13.7. The van der Waals surface area contributed by atoms with Crippen LogP contribution in [-0.4, -0.2) is 0 Å². The average molecular weight is 640 g/mol. The number of fused-ring (bicyclic) bond motifs is 6. The van der Waals surface area contributed by atoms with Crippen molar-refractivity contribution in [1.82, 2.24) is 0 Å². The zero-order valence-electron chi connectivity index (χ0n) is 42.4. The van der Waals surface area contributed by atoms with Gasteiger partial charge in [0.1, 0.15) is 11.2 Å². The summed E-state index contributed by atoms with van der Waals surface area (Å²) in [5.41, 5.74) is -0.763. The van der Waals surface area contributed by atoms with Crippen LogP contribution in [-0.2, 0) is 0 Å². The molecule has 0 amide bonds. The zero-order valence-corrected chi connectivity index (χ0v) is 25.4. The molecule has 0 radical (unpaired) electrons. The van der Waals surface area contributed by atoms with Crippen LogP contribution < -0.4 is 0 Å². The first-order chi connectivity index (χ1) is 31.4. The van der Waals surface area contributed by atoms with Crippen LogP contribution >= 0.6 is 0 Å². The summed E-state index contributed by atoms with van der Waals surface area (Å²) in [6.07, 6.45) is 0. The van der Waals surface area contributed by atoms with Crippen molar-refractivity contribution in [2.75, 3.05) is 0 Å². The van der Waals surface area contributed by atoms with Crippen LogP contribution in [0.1, 0.15) is 23.3 Å². The van der Waals surface area contributed by atoms with Gasteiger partial charge in [0, 0.05) is 10.8 Å². The summed E-state index contributed by atoms with van der Waals surface area (Å²) in [4.78, 5) is 0. The maximum atomic E-state index is 9.82. The molecule has 0 saturated carbocycles. The molecule has 10 aromatic rings. The summed E-state index contributed by atoms with van der Waals surface area (Å²) in [6.45, 7) is 0. The van der Waals surface area contributed by atoms with Crippen molar-refractivity contribution >= 4 is 54.3 Å². The zero-order chi connectivity index (χ0) is 47.1. The Hall–Kier alpha value is -6.44. The van der Waals surface area contributed by atoms with Crippen LogP contribution in [0.3, 0.4) is 0 Å². The lowest BCUT2D eigenvalue weighted by molar-refractivity contribution is 0.669. The van der Waals surface area contributed by atoms with Crippen LogP contribution in [0.5, 0.6) is 0 Å². The van der Waals surface area contributed by atoms with E-state index in [9.17, 15) is 9.60 Å². The molecule has 10 rings (SSSR count). The summed E-state index contributed by atoms with van der Waals surface area (Å²) in [5, 5.41) is 1.60. The molecule has 1 heteroatoms. The summed E-state index contributed by atoms with van der Waals surface area (Å²) in [5.74, 6) is 0. The Morgan fingerprint density at radius 3 is 1.63 bits per heavy atom. The first-order valence-corrected chi connectivity index (χ1v) is 15.5. The molecular weight excluding hydrogens is 593 g/mol. The Balaban J connectivity index is 1.36. The molecule has 1 heterocycles. The van der Waals surface area contributed by atoms with E-state index in [0.717, 1.165) is 21.9 Å². The molecule has 0 bridgehead atoms. The van der Waals surface area contributed by atoms with Crippen molar-refractivity contribution in [2.24, 2.45) is 0 Å². The molecule has 0 aliphatic rings. The normalized spacial score (nSPS) is 16.5. The minimum absolute atomic E-state index is 0.00285. The van der Waals surface area contributed by atoms with Gasteiger partial charge in [0.05, 0.1) is 23.3 Å². The van der Waals surface area contributed by atoms with Gasteiger partial charge in [-0.1, -0.05) is 157 Å². The smallest absolute Gasteiger partial charge is 0.136 e. The SMILES string of the molecule is [2H]c1c([2H])c([2H])c(-c2c([2H])c([2H])c3c(oc4c([2H])c([2H])c(-c5c([2H])c([2H])c(-c6c7ccccc7c(-c7ccccc7)c7ccccc67)c6c([2H])c([2H])c([2H])c([2H])c56)c([2H])c43)c2[2H])c([2H])c1[2H]. The molecule has 9 aromatic carbocycles. The molecule has 0 N–H and O–H groups in total. The highest BCUT2D eigenvalue weighted by atomic mass is 16.3. The van der Waals surface area contributed by atoms with Crippen LogP contribution in [0, 0.1) is 0 Å². The standard InChI is InChI=1S/C48H30O/c1-3-13-31(14-4-1)33-23-25-38-44-29-34(24-28-45(44)49-46(38)30-33)35-26-27-43(37-18-8-7-17-36(35)37)48-41-21-11-9-19-39(41)47(32-15-5-2-6-16-32)40-20-10-12-22-42(40)48/h1-30H/i1D,3D,4D,7D,8D,13D,14D,17D,18D,23D,24D,25D,26D,27D,28D,29D,30D. The lowest BCUT2D eigenvalue weighted by Crippen LogP contribution is -1.92. The second-order valence-electron chi connectivity index (χ2n) is 11.5. The number of hydrogen-bond acceptors (Lipinski definition) is 1. The average Bonchev–Trinajstić information content (AvgIpc) is 3.74. The molecule has 49 heavy (non-hydrogen) atoms. The van der Waals surface area contributed by atoms with Crippen molar-refractivity contribution in [2.45, 2.75) is 0 Å². The van der Waals surface area contributed by atoms with Crippen molar-refractivity contribution in [3.8, 4) is 44.5 Å². The largest absolute Gasteiger partial charge is 0.456 e. The van der Waals surface area contributed by atoms with Crippen LogP contribution in [0.25, 0.3) is 98.8 Å². The third kappa shape index (κ3) is 4.40. The fraction of sp³-hybridized carbons (Fsp3) is 0. The first kappa shape index (κ1) is 15.6. The van der Waals surface area contributed by atoms with E-state index in [2.05, 4.69) is 0 Å². The highest BCUT2D eigenvalue weighted by Gasteiger charge is 2.19. The third-order valence-electron chi connectivity index (χ3n) is 8.75. The minimum Gasteiger partial charge on any atom is -0.456 e. The molecule has 0 spiro atoms. The van der Waals surface area contributed by atoms with Gasteiger partial charge >= 0.3 is 0 Å². The van der Waals surface area contributed by atoms with Gasteiger partial charge in [-0.3, -0.25) is 0 Å². The Kier molecular flexibility index (Phi) is 3.54. The van der Waals surface area contributed by atoms with E-state index < -0.39 is 136 Å². The summed E-state index contributed by atoms with van der Waals surface area (Å²) in [7, 11) is 0. The van der Waals surface area contributed by atoms with Crippen molar-refractivity contribution in [3.63, 3.8) is 0 Å². The van der Waals surface area contributed by atoms with Crippen molar-refractivity contribution in [3.05, 3.63) is 182 Å². The van der Waals surface area contributed by atoms with Crippen molar-refractivity contribution in [1.29, 1.82) is 0 Å². The van der Waals surface area contributed by atoms with Gasteiger partial charge in [0.25, 0.3) is 0 Å².